The predicted octanol–water partition coefficient (Wildman–Crippen LogP) is 1.30. The Morgan fingerprint density at radius 3 is 2.36 bits per heavy atom. The maximum Gasteiger partial charge on any atom is 0.336 e. The predicted molar refractivity (Wildman–Crippen MR) is 52.6 cm³/mol. The molecule has 3 aliphatic rings. The second-order valence-corrected chi connectivity index (χ2v) is 4.95. The molecule has 4 atom stereocenters. The van der Waals surface area contributed by atoms with Crippen LogP contribution in [0.3, 0.4) is 0 Å². The van der Waals surface area contributed by atoms with Gasteiger partial charge in [0, 0.05) is 0 Å². The molecule has 0 aromatic rings. The van der Waals surface area contributed by atoms with Crippen LogP contribution in [0.15, 0.2) is 0 Å². The van der Waals surface area contributed by atoms with E-state index in [-0.39, 0.29) is 33.8 Å². The van der Waals surface area contributed by atoms with Crippen LogP contribution in [0.2, 0.25) is 0 Å². The van der Waals surface area contributed by atoms with Crippen molar-refractivity contribution in [3.05, 3.63) is 0 Å². The van der Waals surface area contributed by atoms with Crippen molar-refractivity contribution in [1.29, 1.82) is 0 Å². The molecule has 0 aromatic carbocycles. The highest BCUT2D eigenvalue weighted by molar-refractivity contribution is 6.27. The van der Waals surface area contributed by atoms with Crippen LogP contribution >= 0.6 is 11.6 Å². The number of halogens is 1. The summed E-state index contributed by atoms with van der Waals surface area (Å²) in [7, 11) is 0. The first-order valence-corrected chi connectivity index (χ1v) is 5.45. The average molecular weight is 217 g/mol. The Kier molecular flexibility index (Phi) is 1.87. The SMILES string of the molecule is CC(=O)[N+]1(C(=O)CCl)C2CC1(C)C2C. The Balaban J connectivity index is 2.39. The summed E-state index contributed by atoms with van der Waals surface area (Å²) in [5, 5.41) is 0. The summed E-state index contributed by atoms with van der Waals surface area (Å²) in [5.41, 5.74) is -0.164. The van der Waals surface area contributed by atoms with E-state index in [1.807, 2.05) is 6.92 Å². The highest BCUT2D eigenvalue weighted by atomic mass is 35.5. The number of rotatable bonds is 1. The lowest BCUT2D eigenvalue weighted by Gasteiger charge is -2.74. The van der Waals surface area contributed by atoms with Crippen LogP contribution in [0, 0.1) is 5.92 Å². The molecule has 2 aliphatic heterocycles. The molecule has 1 saturated carbocycles. The van der Waals surface area contributed by atoms with Gasteiger partial charge in [-0.15, -0.1) is 11.6 Å². The summed E-state index contributed by atoms with van der Waals surface area (Å²) in [5.74, 6) is 0.236. The molecule has 4 heteroatoms. The van der Waals surface area contributed by atoms with Crippen molar-refractivity contribution in [2.24, 2.45) is 5.92 Å². The first-order valence-electron chi connectivity index (χ1n) is 4.92. The molecule has 1 aliphatic carbocycles. The fourth-order valence-corrected chi connectivity index (χ4v) is 3.68. The largest absolute Gasteiger partial charge is 0.336 e. The Hall–Kier alpha value is -0.410. The summed E-state index contributed by atoms with van der Waals surface area (Å²) in [4.78, 5) is 23.4. The lowest BCUT2D eigenvalue weighted by molar-refractivity contribution is -0.976. The molecule has 0 spiro atoms. The van der Waals surface area contributed by atoms with Crippen LogP contribution in [0.1, 0.15) is 27.2 Å². The summed E-state index contributed by atoms with van der Waals surface area (Å²) in [6.45, 7) is 5.62. The number of imide groups is 1. The zero-order valence-corrected chi connectivity index (χ0v) is 9.47. The van der Waals surface area contributed by atoms with E-state index in [0.717, 1.165) is 6.42 Å². The lowest BCUT2D eigenvalue weighted by Crippen LogP contribution is -2.96. The van der Waals surface area contributed by atoms with Gasteiger partial charge in [-0.3, -0.25) is 0 Å². The van der Waals surface area contributed by atoms with Crippen molar-refractivity contribution in [3.8, 4) is 0 Å². The second-order valence-electron chi connectivity index (χ2n) is 4.69. The number of amides is 2. The van der Waals surface area contributed by atoms with Crippen molar-refractivity contribution >= 4 is 23.4 Å². The van der Waals surface area contributed by atoms with E-state index < -0.39 is 0 Å². The van der Waals surface area contributed by atoms with E-state index in [2.05, 4.69) is 6.92 Å². The normalized spacial score (nSPS) is 49.1. The third-order valence-corrected chi connectivity index (χ3v) is 4.72. The minimum absolute atomic E-state index is 0.0116. The van der Waals surface area contributed by atoms with E-state index in [9.17, 15) is 9.59 Å². The van der Waals surface area contributed by atoms with Gasteiger partial charge in [-0.25, -0.2) is 9.59 Å². The molecule has 0 radical (unpaired) electrons. The molecular formula is C10H15ClNO2+. The second kappa shape index (κ2) is 2.58. The zero-order chi connectivity index (χ0) is 10.7. The minimum Gasteiger partial charge on any atom is -0.231 e. The topological polar surface area (TPSA) is 34.1 Å². The standard InChI is InChI=1S/C10H15ClNO2/c1-6-8-4-10(6,3)12(8,7(2)13)9(14)5-11/h6,8H,4-5H2,1-3H3/q+1. The van der Waals surface area contributed by atoms with Crippen LogP contribution in [-0.2, 0) is 9.59 Å². The van der Waals surface area contributed by atoms with Crippen molar-refractivity contribution < 1.29 is 14.1 Å². The highest BCUT2D eigenvalue weighted by Gasteiger charge is 2.85. The molecule has 78 valence electrons. The van der Waals surface area contributed by atoms with E-state index >= 15 is 0 Å². The van der Waals surface area contributed by atoms with Gasteiger partial charge in [0.05, 0.1) is 19.3 Å². The maximum absolute atomic E-state index is 11.8. The summed E-state index contributed by atoms with van der Waals surface area (Å²) < 4.78 is 0.0116. The molecule has 2 amide bonds. The monoisotopic (exact) mass is 216 g/mol. The van der Waals surface area contributed by atoms with E-state index in [0.29, 0.717) is 5.92 Å². The van der Waals surface area contributed by atoms with Crippen LogP contribution in [0.5, 0.6) is 0 Å². The van der Waals surface area contributed by atoms with Crippen LogP contribution < -0.4 is 0 Å². The number of alkyl halides is 1. The fraction of sp³-hybridized carbons (Fsp3) is 0.800. The Bertz CT molecular complexity index is 330. The van der Waals surface area contributed by atoms with Gasteiger partial charge in [0.25, 0.3) is 0 Å². The molecule has 2 saturated heterocycles. The van der Waals surface area contributed by atoms with Crippen LogP contribution in [-0.4, -0.2) is 33.8 Å². The molecule has 4 unspecified atom stereocenters. The fourth-order valence-electron chi connectivity index (χ4n) is 3.49. The molecule has 2 bridgehead atoms. The number of hydrogen-bond donors (Lipinski definition) is 0. The van der Waals surface area contributed by atoms with E-state index in [1.165, 1.54) is 6.92 Å². The summed E-state index contributed by atoms with van der Waals surface area (Å²) in [6, 6.07) is 0.198. The smallest absolute Gasteiger partial charge is 0.231 e. The van der Waals surface area contributed by atoms with Gasteiger partial charge in [0.15, 0.2) is 0 Å². The van der Waals surface area contributed by atoms with Gasteiger partial charge in [-0.2, -0.15) is 4.48 Å². The zero-order valence-electron chi connectivity index (χ0n) is 8.71. The Morgan fingerprint density at radius 1 is 1.57 bits per heavy atom. The number of hydrogen-bond acceptors (Lipinski definition) is 2. The van der Waals surface area contributed by atoms with Gasteiger partial charge in [-0.05, 0) is 6.92 Å². The van der Waals surface area contributed by atoms with Gasteiger partial charge < -0.3 is 0 Å². The van der Waals surface area contributed by atoms with Crippen molar-refractivity contribution in [2.45, 2.75) is 38.8 Å². The van der Waals surface area contributed by atoms with Crippen molar-refractivity contribution in [1.82, 2.24) is 0 Å². The van der Waals surface area contributed by atoms with Crippen molar-refractivity contribution in [2.75, 3.05) is 5.88 Å². The molecule has 3 rings (SSSR count). The van der Waals surface area contributed by atoms with Gasteiger partial charge >= 0.3 is 11.8 Å². The minimum atomic E-state index is -0.164. The summed E-state index contributed by atoms with van der Waals surface area (Å²) in [6.07, 6.45) is 0.983. The number of carbonyl (C=O) groups is 2. The number of nitrogens with zero attached hydrogens (tertiary/aromatic N) is 1. The molecule has 3 fully saturated rings. The molecule has 14 heavy (non-hydrogen) atoms. The highest BCUT2D eigenvalue weighted by Crippen LogP contribution is 2.65. The Labute approximate surface area is 88.6 Å². The van der Waals surface area contributed by atoms with Gasteiger partial charge in [-0.1, -0.05) is 6.92 Å². The molecule has 0 N–H and O–H groups in total. The van der Waals surface area contributed by atoms with Crippen LogP contribution in [0.4, 0.5) is 0 Å². The van der Waals surface area contributed by atoms with Crippen LogP contribution in [0.25, 0.3) is 0 Å². The maximum atomic E-state index is 11.8. The van der Waals surface area contributed by atoms with E-state index in [4.69, 9.17) is 11.6 Å². The van der Waals surface area contributed by atoms with E-state index in [1.54, 1.807) is 0 Å². The van der Waals surface area contributed by atoms with Crippen molar-refractivity contribution in [3.63, 3.8) is 0 Å². The van der Waals surface area contributed by atoms with Gasteiger partial charge in [0.2, 0.25) is 0 Å². The number of carbonyl (C=O) groups excluding carboxylic acids is 2. The average Bonchev–Trinajstić information content (AvgIpc) is 2.14. The first-order chi connectivity index (χ1) is 6.42. The quantitative estimate of drug-likeness (QED) is 0.489. The molecule has 3 nitrogen and oxygen atoms in total. The van der Waals surface area contributed by atoms with Gasteiger partial charge in [0.1, 0.15) is 17.5 Å². The first kappa shape index (κ1) is 10.1. The lowest BCUT2D eigenvalue weighted by atomic mass is 9.49. The third-order valence-electron chi connectivity index (χ3n) is 4.49. The summed E-state index contributed by atoms with van der Waals surface area (Å²) >= 11 is 5.57. The number of quaternary nitrogens is 1. The molecular weight excluding hydrogens is 202 g/mol. The molecule has 2 heterocycles. The Morgan fingerprint density at radius 2 is 2.14 bits per heavy atom. The third kappa shape index (κ3) is 0.684. The molecule has 0 aromatic heterocycles.